The molecule has 0 radical (unpaired) electrons. The van der Waals surface area contributed by atoms with Gasteiger partial charge in [0, 0.05) is 12.0 Å². The standard InChI is InChI=1S/C31H42F2O3/c1-3-5-7-9-10-12-14-22-36-26-19-16-24(17-20-26)28-23-25(18-21-27(28)31(34)35)30(33)29(32)15-13-11-8-6-4-2/h16-21,23H,3-15,22H2,1-2H3,(H,34,35). The highest BCUT2D eigenvalue weighted by molar-refractivity contribution is 5.96. The summed E-state index contributed by atoms with van der Waals surface area (Å²) in [6, 6.07) is 11.2. The van der Waals surface area contributed by atoms with Crippen LogP contribution in [0.25, 0.3) is 17.0 Å². The van der Waals surface area contributed by atoms with Crippen LogP contribution in [0.3, 0.4) is 0 Å². The normalized spacial score (nSPS) is 11.9. The van der Waals surface area contributed by atoms with Gasteiger partial charge in [0.05, 0.1) is 12.2 Å². The molecule has 0 unspecified atom stereocenters. The molecule has 2 aromatic rings. The van der Waals surface area contributed by atoms with Crippen LogP contribution >= 0.6 is 0 Å². The van der Waals surface area contributed by atoms with Crippen LogP contribution in [-0.4, -0.2) is 17.7 Å². The van der Waals surface area contributed by atoms with Gasteiger partial charge in [-0.05, 0) is 48.2 Å². The van der Waals surface area contributed by atoms with Crippen molar-refractivity contribution in [3.63, 3.8) is 0 Å². The summed E-state index contributed by atoms with van der Waals surface area (Å²) in [7, 11) is 0. The molecule has 0 aliphatic heterocycles. The molecule has 1 N–H and O–H groups in total. The van der Waals surface area contributed by atoms with E-state index in [0.29, 0.717) is 29.9 Å². The fourth-order valence-electron chi connectivity index (χ4n) is 4.24. The number of halogens is 2. The summed E-state index contributed by atoms with van der Waals surface area (Å²) in [4.78, 5) is 11.8. The highest BCUT2D eigenvalue weighted by atomic mass is 19.2. The second-order valence-electron chi connectivity index (χ2n) is 9.44. The number of carboxylic acids is 1. The zero-order chi connectivity index (χ0) is 26.2. The molecule has 0 amide bonds. The van der Waals surface area contributed by atoms with Gasteiger partial charge in [0.25, 0.3) is 0 Å². The molecule has 36 heavy (non-hydrogen) atoms. The predicted octanol–water partition coefficient (Wildman–Crippen LogP) is 10.1. The number of hydrogen-bond acceptors (Lipinski definition) is 2. The maximum absolute atomic E-state index is 14.8. The van der Waals surface area contributed by atoms with Crippen molar-refractivity contribution in [3.05, 3.63) is 59.4 Å². The van der Waals surface area contributed by atoms with Gasteiger partial charge >= 0.3 is 5.97 Å². The van der Waals surface area contributed by atoms with Crippen LogP contribution in [0.5, 0.6) is 5.75 Å². The number of benzene rings is 2. The minimum atomic E-state index is -1.11. The number of ether oxygens (including phenoxy) is 1. The van der Waals surface area contributed by atoms with Crippen molar-refractivity contribution in [1.29, 1.82) is 0 Å². The monoisotopic (exact) mass is 500 g/mol. The smallest absolute Gasteiger partial charge is 0.336 e. The molecule has 0 spiro atoms. The van der Waals surface area contributed by atoms with E-state index >= 15 is 0 Å². The molecule has 5 heteroatoms. The number of rotatable bonds is 18. The third-order valence-electron chi connectivity index (χ3n) is 6.42. The summed E-state index contributed by atoms with van der Waals surface area (Å²) in [6.45, 7) is 4.96. The quantitative estimate of drug-likeness (QED) is 0.207. The third kappa shape index (κ3) is 10.1. The Morgan fingerprint density at radius 3 is 1.97 bits per heavy atom. The zero-order valence-electron chi connectivity index (χ0n) is 22.0. The predicted molar refractivity (Wildman–Crippen MR) is 145 cm³/mol. The molecule has 2 rings (SSSR count). The van der Waals surface area contributed by atoms with Gasteiger partial charge in [0.2, 0.25) is 0 Å². The Bertz CT molecular complexity index is 951. The van der Waals surface area contributed by atoms with E-state index in [0.717, 1.165) is 38.5 Å². The summed E-state index contributed by atoms with van der Waals surface area (Å²) in [5.41, 5.74) is 1.07. The van der Waals surface area contributed by atoms with Crippen LogP contribution in [0.1, 0.15) is 113 Å². The zero-order valence-corrected chi connectivity index (χ0v) is 22.0. The lowest BCUT2D eigenvalue weighted by Gasteiger charge is -2.11. The van der Waals surface area contributed by atoms with Gasteiger partial charge in [-0.1, -0.05) is 96.3 Å². The summed E-state index contributed by atoms with van der Waals surface area (Å²) in [5.74, 6) is -2.11. The third-order valence-corrected chi connectivity index (χ3v) is 6.42. The fourth-order valence-corrected chi connectivity index (χ4v) is 4.24. The van der Waals surface area contributed by atoms with Crippen molar-refractivity contribution in [1.82, 2.24) is 0 Å². The van der Waals surface area contributed by atoms with Crippen LogP contribution in [0.2, 0.25) is 0 Å². The molecule has 0 fully saturated rings. The number of hydrogen-bond donors (Lipinski definition) is 1. The van der Waals surface area contributed by atoms with Crippen molar-refractivity contribution >= 4 is 11.8 Å². The van der Waals surface area contributed by atoms with E-state index in [1.54, 1.807) is 24.3 Å². The van der Waals surface area contributed by atoms with Gasteiger partial charge in [-0.2, -0.15) is 0 Å². The Morgan fingerprint density at radius 1 is 0.778 bits per heavy atom. The molecule has 2 aromatic carbocycles. The van der Waals surface area contributed by atoms with Crippen LogP contribution in [0.4, 0.5) is 8.78 Å². The molecular weight excluding hydrogens is 458 g/mol. The Labute approximate surface area is 215 Å². The molecule has 198 valence electrons. The first-order valence-electron chi connectivity index (χ1n) is 13.6. The average Bonchev–Trinajstić information content (AvgIpc) is 2.89. The van der Waals surface area contributed by atoms with Crippen molar-refractivity contribution in [3.8, 4) is 16.9 Å². The van der Waals surface area contributed by atoms with Gasteiger partial charge in [0.1, 0.15) is 11.6 Å². The van der Waals surface area contributed by atoms with Crippen molar-refractivity contribution < 1.29 is 23.4 Å². The molecule has 0 aliphatic carbocycles. The summed E-state index contributed by atoms with van der Waals surface area (Å²) in [5, 5.41) is 9.64. The number of aromatic carboxylic acids is 1. The van der Waals surface area contributed by atoms with E-state index in [1.807, 2.05) is 0 Å². The first-order valence-corrected chi connectivity index (χ1v) is 13.6. The highest BCUT2D eigenvalue weighted by Gasteiger charge is 2.16. The molecule has 0 atom stereocenters. The number of allylic oxidation sites excluding steroid dienone is 1. The lowest BCUT2D eigenvalue weighted by Crippen LogP contribution is -2.01. The number of carbonyl (C=O) groups is 1. The van der Waals surface area contributed by atoms with E-state index in [1.165, 1.54) is 50.3 Å². The Hall–Kier alpha value is -2.69. The maximum atomic E-state index is 14.8. The Kier molecular flexibility index (Phi) is 13.9. The first kappa shape index (κ1) is 29.5. The number of carboxylic acid groups (broad SMARTS) is 1. The number of unbranched alkanes of at least 4 members (excludes halogenated alkanes) is 10. The second kappa shape index (κ2) is 16.9. The molecule has 0 aliphatic rings. The van der Waals surface area contributed by atoms with E-state index < -0.39 is 17.6 Å². The summed E-state index contributed by atoms with van der Waals surface area (Å²) >= 11 is 0. The van der Waals surface area contributed by atoms with Crippen LogP contribution < -0.4 is 4.74 Å². The van der Waals surface area contributed by atoms with Crippen LogP contribution in [-0.2, 0) is 0 Å². The van der Waals surface area contributed by atoms with E-state index in [9.17, 15) is 18.7 Å². The van der Waals surface area contributed by atoms with Gasteiger partial charge in [0.15, 0.2) is 5.83 Å². The van der Waals surface area contributed by atoms with Crippen molar-refractivity contribution in [2.24, 2.45) is 0 Å². The molecular formula is C31H42F2O3. The topological polar surface area (TPSA) is 46.5 Å². The fraction of sp³-hybridized carbons (Fsp3) is 0.516. The minimum absolute atomic E-state index is 0.0447. The van der Waals surface area contributed by atoms with E-state index in [2.05, 4.69) is 13.8 Å². The molecule has 0 saturated heterocycles. The molecule has 3 nitrogen and oxygen atoms in total. The lowest BCUT2D eigenvalue weighted by atomic mass is 9.96. The summed E-state index contributed by atoms with van der Waals surface area (Å²) in [6.07, 6.45) is 13.2. The van der Waals surface area contributed by atoms with Gasteiger partial charge in [-0.3, -0.25) is 0 Å². The first-order chi connectivity index (χ1) is 17.5. The average molecular weight is 501 g/mol. The second-order valence-corrected chi connectivity index (χ2v) is 9.44. The molecule has 0 heterocycles. The van der Waals surface area contributed by atoms with Gasteiger partial charge in [-0.25, -0.2) is 13.6 Å². The van der Waals surface area contributed by atoms with Crippen LogP contribution in [0, 0.1) is 0 Å². The van der Waals surface area contributed by atoms with E-state index in [-0.39, 0.29) is 17.5 Å². The van der Waals surface area contributed by atoms with E-state index in [4.69, 9.17) is 4.74 Å². The Balaban J connectivity index is 2.03. The Morgan fingerprint density at radius 2 is 1.36 bits per heavy atom. The van der Waals surface area contributed by atoms with Gasteiger partial charge in [-0.15, -0.1) is 0 Å². The SMILES string of the molecule is CCCCCCCCCOc1ccc(-c2cc(C(F)=C(F)CCCCCCC)ccc2C(=O)O)cc1. The minimum Gasteiger partial charge on any atom is -0.494 e. The molecule has 0 aromatic heterocycles. The maximum Gasteiger partial charge on any atom is 0.336 e. The van der Waals surface area contributed by atoms with Crippen LogP contribution in [0.15, 0.2) is 48.3 Å². The highest BCUT2D eigenvalue weighted by Crippen LogP contribution is 2.32. The molecule has 0 saturated carbocycles. The largest absolute Gasteiger partial charge is 0.494 e. The molecule has 0 bridgehead atoms. The van der Waals surface area contributed by atoms with Gasteiger partial charge < -0.3 is 9.84 Å². The lowest BCUT2D eigenvalue weighted by molar-refractivity contribution is 0.0697. The van der Waals surface area contributed by atoms with Crippen molar-refractivity contribution in [2.75, 3.05) is 6.61 Å². The van der Waals surface area contributed by atoms with Crippen molar-refractivity contribution in [2.45, 2.75) is 97.3 Å². The summed E-state index contributed by atoms with van der Waals surface area (Å²) < 4.78 is 35.1.